The first-order chi connectivity index (χ1) is 12.1. The van der Waals surface area contributed by atoms with Gasteiger partial charge in [0.15, 0.2) is 11.5 Å². The van der Waals surface area contributed by atoms with E-state index < -0.39 is 0 Å². The molecule has 0 fully saturated rings. The molecule has 1 aromatic heterocycles. The summed E-state index contributed by atoms with van der Waals surface area (Å²) < 4.78 is 12.8. The molecule has 0 spiro atoms. The van der Waals surface area contributed by atoms with E-state index in [9.17, 15) is 4.79 Å². The largest absolute Gasteiger partial charge is 0.454 e. The van der Waals surface area contributed by atoms with Crippen LogP contribution in [0.1, 0.15) is 11.3 Å². The lowest BCUT2D eigenvalue weighted by atomic mass is 10.1. The average molecular weight is 342 g/mol. The Morgan fingerprint density at radius 1 is 1.24 bits per heavy atom. The minimum atomic E-state index is -0.106. The molecule has 0 bridgehead atoms. The lowest BCUT2D eigenvalue weighted by Gasteiger charge is -2.25. The summed E-state index contributed by atoms with van der Waals surface area (Å²) in [4.78, 5) is 16.5. The molecular formula is C18H22N4O3. The molecular weight excluding hydrogens is 320 g/mol. The second-order valence-corrected chi connectivity index (χ2v) is 6.79. The van der Waals surface area contributed by atoms with Crippen molar-refractivity contribution >= 4 is 5.91 Å². The van der Waals surface area contributed by atoms with Crippen LogP contribution in [0.5, 0.6) is 11.5 Å². The fourth-order valence-corrected chi connectivity index (χ4v) is 3.47. The van der Waals surface area contributed by atoms with E-state index >= 15 is 0 Å². The fraction of sp³-hybridized carbons (Fsp3) is 0.444. The number of hydrogen-bond acceptors (Lipinski definition) is 5. The van der Waals surface area contributed by atoms with Crippen molar-refractivity contribution in [1.82, 2.24) is 19.6 Å². The molecule has 1 aromatic carbocycles. The molecule has 0 saturated carbocycles. The number of hydrogen-bond donors (Lipinski definition) is 0. The Kier molecular flexibility index (Phi) is 4.09. The summed E-state index contributed by atoms with van der Waals surface area (Å²) in [6.45, 7) is 3.12. The quantitative estimate of drug-likeness (QED) is 0.842. The van der Waals surface area contributed by atoms with Gasteiger partial charge in [-0.15, -0.1) is 0 Å². The number of benzene rings is 1. The number of aromatic nitrogens is 2. The molecule has 2 aliphatic heterocycles. The maximum absolute atomic E-state index is 12.6. The fourth-order valence-electron chi connectivity index (χ4n) is 3.47. The highest BCUT2D eigenvalue weighted by Crippen LogP contribution is 2.33. The van der Waals surface area contributed by atoms with Crippen molar-refractivity contribution in [3.8, 4) is 11.5 Å². The first-order valence-corrected chi connectivity index (χ1v) is 8.43. The van der Waals surface area contributed by atoms with Gasteiger partial charge in [-0.1, -0.05) is 6.07 Å². The first-order valence-electron chi connectivity index (χ1n) is 8.43. The molecule has 2 aliphatic rings. The summed E-state index contributed by atoms with van der Waals surface area (Å²) in [5.41, 5.74) is 2.28. The van der Waals surface area contributed by atoms with Gasteiger partial charge in [0.05, 0.1) is 18.2 Å². The summed E-state index contributed by atoms with van der Waals surface area (Å²) in [5.74, 6) is 1.61. The lowest BCUT2D eigenvalue weighted by Crippen LogP contribution is -2.38. The van der Waals surface area contributed by atoms with Crippen LogP contribution in [-0.4, -0.2) is 52.9 Å². The third kappa shape index (κ3) is 3.19. The minimum absolute atomic E-state index is 0.106. The van der Waals surface area contributed by atoms with Gasteiger partial charge in [-0.05, 0) is 23.8 Å². The highest BCUT2D eigenvalue weighted by molar-refractivity contribution is 5.78. The highest BCUT2D eigenvalue weighted by Gasteiger charge is 2.28. The number of rotatable bonds is 3. The van der Waals surface area contributed by atoms with E-state index in [1.807, 2.05) is 22.9 Å². The Bertz CT molecular complexity index is 786. The number of fused-ring (bicyclic) bond motifs is 2. The van der Waals surface area contributed by atoms with Crippen LogP contribution < -0.4 is 9.47 Å². The third-order valence-corrected chi connectivity index (χ3v) is 4.70. The molecule has 0 unspecified atom stereocenters. The molecule has 1 atom stereocenters. The SMILES string of the molecule is CN(C)C(=O)[C@@H]1CN(Cc2ccc3c(c2)OCO3)Cc2ccnn2C1. The van der Waals surface area contributed by atoms with Gasteiger partial charge >= 0.3 is 0 Å². The van der Waals surface area contributed by atoms with E-state index in [1.165, 1.54) is 0 Å². The van der Waals surface area contributed by atoms with Crippen LogP contribution in [0.2, 0.25) is 0 Å². The summed E-state index contributed by atoms with van der Waals surface area (Å²) >= 11 is 0. The molecule has 1 amide bonds. The topological polar surface area (TPSA) is 59.8 Å². The van der Waals surface area contributed by atoms with Crippen LogP contribution in [0.4, 0.5) is 0 Å². The van der Waals surface area contributed by atoms with Crippen molar-refractivity contribution in [2.75, 3.05) is 27.4 Å². The Morgan fingerprint density at radius 3 is 2.92 bits per heavy atom. The van der Waals surface area contributed by atoms with Crippen molar-refractivity contribution in [3.63, 3.8) is 0 Å². The van der Waals surface area contributed by atoms with Crippen LogP contribution in [0, 0.1) is 5.92 Å². The molecule has 25 heavy (non-hydrogen) atoms. The standard InChI is InChI=1S/C18H22N4O3/c1-20(2)18(23)14-9-21(11-15-5-6-19-22(15)10-14)8-13-3-4-16-17(7-13)25-12-24-16/h3-7,14H,8-12H2,1-2H3/t14-/m1/s1. The van der Waals surface area contributed by atoms with Gasteiger partial charge in [-0.25, -0.2) is 0 Å². The lowest BCUT2D eigenvalue weighted by molar-refractivity contribution is -0.134. The summed E-state index contributed by atoms with van der Waals surface area (Å²) in [5, 5.41) is 4.38. The van der Waals surface area contributed by atoms with Crippen molar-refractivity contribution in [2.45, 2.75) is 19.6 Å². The molecule has 4 rings (SSSR count). The van der Waals surface area contributed by atoms with Crippen molar-refractivity contribution in [1.29, 1.82) is 0 Å². The van der Waals surface area contributed by atoms with Gasteiger partial charge in [-0.3, -0.25) is 14.4 Å². The van der Waals surface area contributed by atoms with Crippen LogP contribution in [-0.2, 0) is 24.4 Å². The summed E-state index contributed by atoms with van der Waals surface area (Å²) in [6.07, 6.45) is 1.80. The third-order valence-electron chi connectivity index (χ3n) is 4.70. The maximum atomic E-state index is 12.6. The zero-order valence-corrected chi connectivity index (χ0v) is 14.5. The predicted molar refractivity (Wildman–Crippen MR) is 91.1 cm³/mol. The molecule has 2 aromatic rings. The molecule has 0 aliphatic carbocycles. The molecule has 0 N–H and O–H groups in total. The first kappa shape index (κ1) is 16.0. The molecule has 7 nitrogen and oxygen atoms in total. The van der Waals surface area contributed by atoms with Crippen molar-refractivity contribution in [3.05, 3.63) is 41.7 Å². The van der Waals surface area contributed by atoms with E-state index in [-0.39, 0.29) is 18.6 Å². The second kappa shape index (κ2) is 6.40. The summed E-state index contributed by atoms with van der Waals surface area (Å²) in [6, 6.07) is 8.04. The Balaban J connectivity index is 1.56. The maximum Gasteiger partial charge on any atom is 0.231 e. The van der Waals surface area contributed by atoms with E-state index in [0.29, 0.717) is 13.1 Å². The van der Waals surface area contributed by atoms with E-state index in [0.717, 1.165) is 35.8 Å². The van der Waals surface area contributed by atoms with Gasteiger partial charge in [0, 0.05) is 39.9 Å². The van der Waals surface area contributed by atoms with Crippen LogP contribution in [0.3, 0.4) is 0 Å². The van der Waals surface area contributed by atoms with Crippen molar-refractivity contribution < 1.29 is 14.3 Å². The number of carbonyl (C=O) groups is 1. The van der Waals surface area contributed by atoms with Crippen molar-refractivity contribution in [2.24, 2.45) is 5.92 Å². The van der Waals surface area contributed by atoms with Crippen LogP contribution in [0.25, 0.3) is 0 Å². The highest BCUT2D eigenvalue weighted by atomic mass is 16.7. The van der Waals surface area contributed by atoms with Gasteiger partial charge < -0.3 is 14.4 Å². The molecule has 3 heterocycles. The van der Waals surface area contributed by atoms with Crippen LogP contribution >= 0.6 is 0 Å². The number of ether oxygens (including phenoxy) is 2. The summed E-state index contributed by atoms with van der Waals surface area (Å²) in [7, 11) is 3.61. The predicted octanol–water partition coefficient (Wildman–Crippen LogP) is 1.33. The van der Waals surface area contributed by atoms with Gasteiger partial charge in [-0.2, -0.15) is 5.10 Å². The normalized spacial score (nSPS) is 19.4. The molecule has 0 saturated heterocycles. The zero-order valence-electron chi connectivity index (χ0n) is 14.5. The van der Waals surface area contributed by atoms with Crippen LogP contribution in [0.15, 0.2) is 30.5 Å². The Labute approximate surface area is 146 Å². The Morgan fingerprint density at radius 2 is 2.08 bits per heavy atom. The van der Waals surface area contributed by atoms with E-state index in [2.05, 4.69) is 16.1 Å². The second-order valence-electron chi connectivity index (χ2n) is 6.79. The monoisotopic (exact) mass is 342 g/mol. The van der Waals surface area contributed by atoms with Gasteiger partial charge in [0.25, 0.3) is 0 Å². The smallest absolute Gasteiger partial charge is 0.231 e. The minimum Gasteiger partial charge on any atom is -0.454 e. The Hall–Kier alpha value is -2.54. The van der Waals surface area contributed by atoms with Gasteiger partial charge in [0.2, 0.25) is 12.7 Å². The number of nitrogens with zero attached hydrogens (tertiary/aromatic N) is 4. The molecule has 132 valence electrons. The molecule has 0 radical (unpaired) electrons. The van der Waals surface area contributed by atoms with Gasteiger partial charge in [0.1, 0.15) is 0 Å². The number of carbonyl (C=O) groups excluding carboxylic acids is 1. The zero-order chi connectivity index (χ0) is 17.4. The molecule has 7 heteroatoms. The van der Waals surface area contributed by atoms with E-state index in [4.69, 9.17) is 9.47 Å². The average Bonchev–Trinajstić information content (AvgIpc) is 3.19. The number of amides is 1. The van der Waals surface area contributed by atoms with E-state index in [1.54, 1.807) is 25.2 Å².